The largest absolute Gasteiger partial charge is 0.382 e. The summed E-state index contributed by atoms with van der Waals surface area (Å²) in [6.45, 7) is 3.70. The molecule has 0 spiro atoms. The molecule has 3 aromatic rings. The molecule has 0 saturated carbocycles. The molecule has 4 rings (SSSR count). The third kappa shape index (κ3) is 5.77. The van der Waals surface area contributed by atoms with Gasteiger partial charge in [0, 0.05) is 31.3 Å². The van der Waals surface area contributed by atoms with Crippen LogP contribution in [0.3, 0.4) is 0 Å². The number of nitrogens with one attached hydrogen (secondary N) is 2. The summed E-state index contributed by atoms with van der Waals surface area (Å²) in [5.74, 6) is 0.00288. The van der Waals surface area contributed by atoms with Crippen LogP contribution < -0.4 is 16.4 Å². The van der Waals surface area contributed by atoms with Gasteiger partial charge in [0.15, 0.2) is 11.5 Å². The minimum Gasteiger partial charge on any atom is -0.382 e. The highest BCUT2D eigenvalue weighted by atomic mass is 16.2. The van der Waals surface area contributed by atoms with Crippen LogP contribution in [0.1, 0.15) is 39.3 Å². The number of nitrogens with two attached hydrogens (primary N) is 1. The van der Waals surface area contributed by atoms with Crippen LogP contribution in [0.15, 0.2) is 60.8 Å². The van der Waals surface area contributed by atoms with E-state index < -0.39 is 5.91 Å². The van der Waals surface area contributed by atoms with Crippen molar-refractivity contribution in [3.63, 3.8) is 0 Å². The number of likely N-dealkylation sites (tertiary alicyclic amines) is 1. The second-order valence-corrected chi connectivity index (χ2v) is 8.56. The minimum absolute atomic E-state index is 0.0619. The Bertz CT molecular complexity index is 1140. The lowest BCUT2D eigenvalue weighted by Crippen LogP contribution is -2.38. The molecule has 0 radical (unpaired) electrons. The first-order valence-electron chi connectivity index (χ1n) is 11.5. The molecule has 2 heterocycles. The van der Waals surface area contributed by atoms with Gasteiger partial charge < -0.3 is 16.4 Å². The standard InChI is InChI=1S/C26H30N6O2/c1-28-26(34)23-24(27)29-16-22(31-23)20-8-5-9-21(14-20)25(33)30-15-18-10-12-32(13-11-18)17-19-6-3-2-4-7-19/h2-9,14,16,18H,10-13,15,17H2,1H3,(H2,27,29)(H,28,34)(H,30,33). The molecule has 1 aliphatic rings. The summed E-state index contributed by atoms with van der Waals surface area (Å²) in [7, 11) is 1.51. The SMILES string of the molecule is CNC(=O)c1nc(-c2cccc(C(=O)NCC3CCN(Cc4ccccc4)CC3)c2)cnc1N. The molecule has 34 heavy (non-hydrogen) atoms. The van der Waals surface area contributed by atoms with Crippen molar-refractivity contribution in [2.45, 2.75) is 19.4 Å². The number of benzene rings is 2. The van der Waals surface area contributed by atoms with Gasteiger partial charge in [0.1, 0.15) is 0 Å². The molecule has 1 saturated heterocycles. The third-order valence-corrected chi connectivity index (χ3v) is 6.17. The van der Waals surface area contributed by atoms with Crippen molar-refractivity contribution in [2.24, 2.45) is 5.92 Å². The van der Waals surface area contributed by atoms with Gasteiger partial charge in [-0.15, -0.1) is 0 Å². The fourth-order valence-electron chi connectivity index (χ4n) is 4.17. The Morgan fingerprint density at radius 3 is 2.56 bits per heavy atom. The number of hydrogen-bond donors (Lipinski definition) is 3. The Morgan fingerprint density at radius 2 is 1.82 bits per heavy atom. The van der Waals surface area contributed by atoms with E-state index in [0.29, 0.717) is 29.3 Å². The van der Waals surface area contributed by atoms with Crippen LogP contribution in [0.2, 0.25) is 0 Å². The van der Waals surface area contributed by atoms with Gasteiger partial charge in [0.25, 0.3) is 11.8 Å². The van der Waals surface area contributed by atoms with Gasteiger partial charge in [0.05, 0.1) is 11.9 Å². The van der Waals surface area contributed by atoms with Crippen molar-refractivity contribution in [1.29, 1.82) is 0 Å². The van der Waals surface area contributed by atoms with E-state index in [9.17, 15) is 9.59 Å². The van der Waals surface area contributed by atoms with Crippen molar-refractivity contribution in [1.82, 2.24) is 25.5 Å². The van der Waals surface area contributed by atoms with Gasteiger partial charge in [-0.25, -0.2) is 9.97 Å². The lowest BCUT2D eigenvalue weighted by Gasteiger charge is -2.32. The van der Waals surface area contributed by atoms with Gasteiger partial charge in [-0.2, -0.15) is 0 Å². The number of carbonyl (C=O) groups is 2. The smallest absolute Gasteiger partial charge is 0.273 e. The van der Waals surface area contributed by atoms with E-state index in [1.165, 1.54) is 18.8 Å². The van der Waals surface area contributed by atoms with Crippen molar-refractivity contribution in [2.75, 3.05) is 32.4 Å². The summed E-state index contributed by atoms with van der Waals surface area (Å²) < 4.78 is 0. The summed E-state index contributed by atoms with van der Waals surface area (Å²) in [6, 6.07) is 17.7. The van der Waals surface area contributed by atoms with Crippen LogP contribution in [0.4, 0.5) is 5.82 Å². The zero-order valence-corrected chi connectivity index (χ0v) is 19.3. The fraction of sp³-hybridized carbons (Fsp3) is 0.308. The number of piperidine rings is 1. The van der Waals surface area contributed by atoms with Gasteiger partial charge in [0.2, 0.25) is 0 Å². The third-order valence-electron chi connectivity index (χ3n) is 6.17. The van der Waals surface area contributed by atoms with Gasteiger partial charge >= 0.3 is 0 Å². The summed E-state index contributed by atoms with van der Waals surface area (Å²) in [5, 5.41) is 5.59. The van der Waals surface area contributed by atoms with Crippen LogP contribution in [-0.2, 0) is 6.54 Å². The van der Waals surface area contributed by atoms with E-state index in [2.05, 4.69) is 49.8 Å². The van der Waals surface area contributed by atoms with E-state index >= 15 is 0 Å². The average Bonchev–Trinajstić information content (AvgIpc) is 2.88. The number of nitrogen functional groups attached to an aromatic ring is 1. The highest BCUT2D eigenvalue weighted by Gasteiger charge is 2.20. The molecule has 2 aromatic carbocycles. The number of carbonyl (C=O) groups excluding carboxylic acids is 2. The monoisotopic (exact) mass is 458 g/mol. The van der Waals surface area contributed by atoms with Gasteiger partial charge in [-0.1, -0.05) is 42.5 Å². The molecule has 1 aliphatic heterocycles. The lowest BCUT2D eigenvalue weighted by molar-refractivity contribution is 0.0932. The molecule has 176 valence electrons. The van der Waals surface area contributed by atoms with Crippen molar-refractivity contribution in [3.05, 3.63) is 77.6 Å². The first-order valence-corrected chi connectivity index (χ1v) is 11.5. The Kier molecular flexibility index (Phi) is 7.49. The number of hydrogen-bond acceptors (Lipinski definition) is 6. The van der Waals surface area contributed by atoms with Gasteiger partial charge in [-0.05, 0) is 49.5 Å². The molecule has 2 amide bonds. The summed E-state index contributed by atoms with van der Waals surface area (Å²) in [4.78, 5) is 35.7. The average molecular weight is 459 g/mol. The molecule has 0 atom stereocenters. The van der Waals surface area contributed by atoms with E-state index in [0.717, 1.165) is 32.5 Å². The Balaban J connectivity index is 1.32. The molecule has 0 aliphatic carbocycles. The normalized spacial score (nSPS) is 14.5. The summed E-state index contributed by atoms with van der Waals surface area (Å²) in [5.41, 5.74) is 8.89. The van der Waals surface area contributed by atoms with Crippen LogP contribution >= 0.6 is 0 Å². The maximum Gasteiger partial charge on any atom is 0.273 e. The molecular formula is C26H30N6O2. The molecule has 1 aromatic heterocycles. The number of aromatic nitrogens is 2. The number of amides is 2. The first-order chi connectivity index (χ1) is 16.5. The quantitative estimate of drug-likeness (QED) is 0.502. The topological polar surface area (TPSA) is 113 Å². The highest BCUT2D eigenvalue weighted by molar-refractivity contribution is 5.97. The molecule has 1 fully saturated rings. The zero-order valence-electron chi connectivity index (χ0n) is 19.3. The maximum atomic E-state index is 12.8. The number of rotatable bonds is 7. The van der Waals surface area contributed by atoms with Crippen molar-refractivity contribution >= 4 is 17.6 Å². The highest BCUT2D eigenvalue weighted by Crippen LogP contribution is 2.21. The van der Waals surface area contributed by atoms with Gasteiger partial charge in [-0.3, -0.25) is 14.5 Å². The van der Waals surface area contributed by atoms with E-state index in [1.807, 2.05) is 12.1 Å². The molecule has 0 unspecified atom stereocenters. The molecule has 4 N–H and O–H groups in total. The van der Waals surface area contributed by atoms with Crippen LogP contribution in [-0.4, -0.2) is 53.4 Å². The zero-order chi connectivity index (χ0) is 23.9. The van der Waals surface area contributed by atoms with Crippen molar-refractivity contribution in [3.8, 4) is 11.3 Å². The predicted molar refractivity (Wildman–Crippen MR) is 132 cm³/mol. The first kappa shape index (κ1) is 23.4. The lowest BCUT2D eigenvalue weighted by atomic mass is 9.96. The van der Waals surface area contributed by atoms with Crippen LogP contribution in [0.5, 0.6) is 0 Å². The second kappa shape index (κ2) is 10.9. The number of nitrogens with zero attached hydrogens (tertiary/aromatic N) is 3. The number of anilines is 1. The predicted octanol–water partition coefficient (Wildman–Crippen LogP) is 2.73. The molecule has 0 bridgehead atoms. The second-order valence-electron chi connectivity index (χ2n) is 8.56. The Morgan fingerprint density at radius 1 is 1.06 bits per heavy atom. The Labute approximate surface area is 199 Å². The summed E-state index contributed by atoms with van der Waals surface area (Å²) in [6.07, 6.45) is 3.63. The van der Waals surface area contributed by atoms with Crippen LogP contribution in [0, 0.1) is 5.92 Å². The van der Waals surface area contributed by atoms with E-state index in [4.69, 9.17) is 5.73 Å². The van der Waals surface area contributed by atoms with E-state index in [-0.39, 0.29) is 17.4 Å². The van der Waals surface area contributed by atoms with Crippen molar-refractivity contribution < 1.29 is 9.59 Å². The summed E-state index contributed by atoms with van der Waals surface area (Å²) >= 11 is 0. The fourth-order valence-corrected chi connectivity index (χ4v) is 4.17. The van der Waals surface area contributed by atoms with Crippen LogP contribution in [0.25, 0.3) is 11.3 Å². The molecular weight excluding hydrogens is 428 g/mol. The minimum atomic E-state index is -0.407. The Hall–Kier alpha value is -3.78. The van der Waals surface area contributed by atoms with E-state index in [1.54, 1.807) is 18.2 Å². The molecule has 8 heteroatoms. The maximum absolute atomic E-state index is 12.8. The molecule has 8 nitrogen and oxygen atoms in total.